The van der Waals surface area contributed by atoms with Crippen molar-refractivity contribution in [1.82, 2.24) is 9.88 Å². The third-order valence-electron chi connectivity index (χ3n) is 4.54. The van der Waals surface area contributed by atoms with Gasteiger partial charge < -0.3 is 10.0 Å². The van der Waals surface area contributed by atoms with E-state index in [1.54, 1.807) is 6.92 Å². The maximum atomic E-state index is 12.7. The Hall–Kier alpha value is -2.51. The molecule has 8 heteroatoms. The topological polar surface area (TPSA) is 114 Å². The number of carboxylic acids is 1. The van der Waals surface area contributed by atoms with Gasteiger partial charge in [-0.15, -0.1) is 0 Å². The number of hydrogen-bond donors (Lipinski definition) is 1. The van der Waals surface area contributed by atoms with Gasteiger partial charge in [-0.2, -0.15) is 0 Å². The van der Waals surface area contributed by atoms with Gasteiger partial charge in [0.25, 0.3) is 11.6 Å². The zero-order chi connectivity index (χ0) is 17.2. The molecule has 0 spiro atoms. The third-order valence-corrected chi connectivity index (χ3v) is 4.54. The molecule has 1 aromatic rings. The molecule has 23 heavy (non-hydrogen) atoms. The van der Waals surface area contributed by atoms with Crippen LogP contribution in [0.25, 0.3) is 0 Å². The summed E-state index contributed by atoms with van der Waals surface area (Å²) in [4.78, 5) is 39.9. The molecule has 8 nitrogen and oxygen atoms in total. The molecule has 0 saturated heterocycles. The number of likely N-dealkylation sites (N-methyl/N-ethyl adjacent to an activating group) is 1. The van der Waals surface area contributed by atoms with Crippen molar-refractivity contribution < 1.29 is 19.6 Å². The van der Waals surface area contributed by atoms with Gasteiger partial charge in [0.1, 0.15) is 11.7 Å². The second-order valence-corrected chi connectivity index (χ2v) is 5.85. The zero-order valence-corrected chi connectivity index (χ0v) is 13.1. The normalized spacial score (nSPS) is 16.6. The lowest BCUT2D eigenvalue weighted by Crippen LogP contribution is -2.56. The second kappa shape index (κ2) is 6.31. The lowest BCUT2D eigenvalue weighted by molar-refractivity contribution is -0.385. The van der Waals surface area contributed by atoms with Crippen LogP contribution < -0.4 is 0 Å². The fourth-order valence-corrected chi connectivity index (χ4v) is 3.04. The molecule has 1 N–H and O–H groups in total. The van der Waals surface area contributed by atoms with Crippen molar-refractivity contribution in [2.24, 2.45) is 0 Å². The summed E-state index contributed by atoms with van der Waals surface area (Å²) in [6, 6.07) is 1.15. The highest BCUT2D eigenvalue weighted by atomic mass is 16.6. The predicted molar refractivity (Wildman–Crippen MR) is 81.2 cm³/mol. The van der Waals surface area contributed by atoms with Crippen molar-refractivity contribution in [3.8, 4) is 0 Å². The first kappa shape index (κ1) is 16.9. The van der Waals surface area contributed by atoms with Gasteiger partial charge in [0.2, 0.25) is 0 Å². The van der Waals surface area contributed by atoms with Gasteiger partial charge in [-0.3, -0.25) is 19.9 Å². The minimum Gasteiger partial charge on any atom is -0.479 e. The Kier molecular flexibility index (Phi) is 4.63. The molecule has 0 radical (unpaired) electrons. The first-order valence-corrected chi connectivity index (χ1v) is 7.42. The number of aryl methyl sites for hydroxylation is 1. The van der Waals surface area contributed by atoms with E-state index in [1.165, 1.54) is 11.9 Å². The molecule has 1 saturated carbocycles. The monoisotopic (exact) mass is 321 g/mol. The van der Waals surface area contributed by atoms with E-state index in [4.69, 9.17) is 0 Å². The molecule has 1 heterocycles. The summed E-state index contributed by atoms with van der Waals surface area (Å²) < 4.78 is 0. The average molecular weight is 321 g/mol. The van der Waals surface area contributed by atoms with Crippen molar-refractivity contribution in [1.29, 1.82) is 0 Å². The second-order valence-electron chi connectivity index (χ2n) is 5.85. The minimum atomic E-state index is -1.26. The van der Waals surface area contributed by atoms with E-state index in [2.05, 4.69) is 4.98 Å². The fraction of sp³-hybridized carbons (Fsp3) is 0.533. The van der Waals surface area contributed by atoms with Crippen LogP contribution in [-0.4, -0.2) is 44.4 Å². The van der Waals surface area contributed by atoms with Crippen LogP contribution in [0, 0.1) is 17.0 Å². The van der Waals surface area contributed by atoms with Crippen LogP contribution in [0.1, 0.15) is 48.2 Å². The van der Waals surface area contributed by atoms with E-state index < -0.39 is 22.3 Å². The number of hydrogen-bond acceptors (Lipinski definition) is 5. The van der Waals surface area contributed by atoms with E-state index in [1.807, 2.05) is 0 Å². The molecule has 0 bridgehead atoms. The van der Waals surface area contributed by atoms with E-state index in [0.717, 1.165) is 31.5 Å². The van der Waals surface area contributed by atoms with Gasteiger partial charge in [0.15, 0.2) is 0 Å². The van der Waals surface area contributed by atoms with E-state index in [0.29, 0.717) is 18.5 Å². The summed E-state index contributed by atoms with van der Waals surface area (Å²) in [7, 11) is 1.44. The van der Waals surface area contributed by atoms with Gasteiger partial charge in [0.05, 0.1) is 16.2 Å². The zero-order valence-electron chi connectivity index (χ0n) is 13.1. The van der Waals surface area contributed by atoms with E-state index in [9.17, 15) is 24.8 Å². The van der Waals surface area contributed by atoms with Crippen molar-refractivity contribution in [2.45, 2.75) is 44.6 Å². The minimum absolute atomic E-state index is 0.0629. The standard InChI is InChI=1S/C15H19N3O5/c1-10-12(8-11(9-16-10)18(22)23)13(19)17(2)15(14(20)21)6-4-3-5-7-15/h8-9H,3-7H2,1-2H3,(H,20,21). The van der Waals surface area contributed by atoms with Gasteiger partial charge in [-0.1, -0.05) is 19.3 Å². The van der Waals surface area contributed by atoms with Crippen LogP contribution in [0.2, 0.25) is 0 Å². The molecule has 0 atom stereocenters. The summed E-state index contributed by atoms with van der Waals surface area (Å²) >= 11 is 0. The molecule has 124 valence electrons. The Labute approximate surface area is 133 Å². The van der Waals surface area contributed by atoms with Crippen LogP contribution in [0.3, 0.4) is 0 Å². The highest BCUT2D eigenvalue weighted by Gasteiger charge is 2.46. The van der Waals surface area contributed by atoms with Gasteiger partial charge in [-0.05, 0) is 19.8 Å². The number of aromatic nitrogens is 1. The van der Waals surface area contributed by atoms with Crippen molar-refractivity contribution >= 4 is 17.6 Å². The average Bonchev–Trinajstić information content (AvgIpc) is 2.54. The molecule has 2 rings (SSSR count). The smallest absolute Gasteiger partial charge is 0.329 e. The van der Waals surface area contributed by atoms with Gasteiger partial charge in [0, 0.05) is 13.1 Å². The Bertz CT molecular complexity index is 653. The van der Waals surface area contributed by atoms with Crippen LogP contribution in [0.4, 0.5) is 5.69 Å². The number of pyridine rings is 1. The number of carbonyl (C=O) groups excluding carboxylic acids is 1. The quantitative estimate of drug-likeness (QED) is 0.671. The Balaban J connectivity index is 2.40. The molecule has 0 aliphatic heterocycles. The number of aliphatic carboxylic acids is 1. The number of carboxylic acid groups (broad SMARTS) is 1. The summed E-state index contributed by atoms with van der Waals surface area (Å²) in [6.07, 6.45) is 4.25. The van der Waals surface area contributed by atoms with Crippen LogP contribution >= 0.6 is 0 Å². The lowest BCUT2D eigenvalue weighted by Gasteiger charge is -2.41. The molecular formula is C15H19N3O5. The number of nitro groups is 1. The maximum Gasteiger partial charge on any atom is 0.329 e. The maximum absolute atomic E-state index is 12.7. The first-order chi connectivity index (χ1) is 10.8. The fourth-order valence-electron chi connectivity index (χ4n) is 3.04. The Morgan fingerprint density at radius 3 is 2.48 bits per heavy atom. The van der Waals surface area contributed by atoms with Crippen LogP contribution in [0.5, 0.6) is 0 Å². The van der Waals surface area contributed by atoms with Gasteiger partial charge >= 0.3 is 5.97 Å². The molecule has 1 aliphatic rings. The number of nitrogens with zero attached hydrogens (tertiary/aromatic N) is 3. The van der Waals surface area contributed by atoms with Crippen LogP contribution in [-0.2, 0) is 4.79 Å². The summed E-state index contributed by atoms with van der Waals surface area (Å²) in [5, 5.41) is 20.5. The first-order valence-electron chi connectivity index (χ1n) is 7.42. The van der Waals surface area contributed by atoms with Crippen molar-refractivity contribution in [2.75, 3.05) is 7.05 Å². The van der Waals surface area contributed by atoms with Crippen molar-refractivity contribution in [3.63, 3.8) is 0 Å². The molecule has 1 aromatic heterocycles. The summed E-state index contributed by atoms with van der Waals surface area (Å²) in [5.41, 5.74) is -1.15. The lowest BCUT2D eigenvalue weighted by atomic mass is 9.80. The molecule has 0 unspecified atom stereocenters. The molecule has 1 amide bonds. The Morgan fingerprint density at radius 2 is 1.96 bits per heavy atom. The SMILES string of the molecule is Cc1ncc([N+](=O)[O-])cc1C(=O)N(C)C1(C(=O)O)CCCCC1. The highest BCUT2D eigenvalue weighted by molar-refractivity contribution is 5.99. The highest BCUT2D eigenvalue weighted by Crippen LogP contribution is 2.34. The van der Waals surface area contributed by atoms with Gasteiger partial charge in [-0.25, -0.2) is 4.79 Å². The summed E-state index contributed by atoms with van der Waals surface area (Å²) in [6.45, 7) is 1.57. The summed E-state index contributed by atoms with van der Waals surface area (Å²) in [5.74, 6) is -1.59. The third kappa shape index (κ3) is 3.01. The van der Waals surface area contributed by atoms with E-state index in [-0.39, 0.29) is 11.3 Å². The molecule has 0 aromatic carbocycles. The number of amides is 1. The van der Waals surface area contributed by atoms with E-state index >= 15 is 0 Å². The number of rotatable bonds is 4. The molecule has 1 fully saturated rings. The molecular weight excluding hydrogens is 302 g/mol. The van der Waals surface area contributed by atoms with Crippen LogP contribution in [0.15, 0.2) is 12.3 Å². The number of carbonyl (C=O) groups is 2. The molecule has 1 aliphatic carbocycles. The predicted octanol–water partition coefficient (Wildman–Crippen LogP) is 2.16. The Morgan fingerprint density at radius 1 is 1.35 bits per heavy atom. The largest absolute Gasteiger partial charge is 0.479 e. The van der Waals surface area contributed by atoms with Crippen molar-refractivity contribution in [3.05, 3.63) is 33.6 Å².